The van der Waals surface area contributed by atoms with Gasteiger partial charge in [-0.2, -0.15) is 0 Å². The highest BCUT2D eigenvalue weighted by molar-refractivity contribution is 7.88. The van der Waals surface area contributed by atoms with Crippen molar-refractivity contribution >= 4 is 16.0 Å². The van der Waals surface area contributed by atoms with Gasteiger partial charge in [0.1, 0.15) is 0 Å². The monoisotopic (exact) mass is 237 g/mol. The number of carboxylic acids is 1. The molecule has 0 aliphatic carbocycles. The highest BCUT2D eigenvalue weighted by Crippen LogP contribution is 2.24. The van der Waals surface area contributed by atoms with Crippen molar-refractivity contribution in [1.82, 2.24) is 4.72 Å². The fraction of sp³-hybridized carbons (Fsp3) is 0.889. The number of sulfonamides is 1. The van der Waals surface area contributed by atoms with Crippen LogP contribution in [-0.4, -0.2) is 32.3 Å². The number of nitrogens with one attached hydrogen (secondary N) is 1. The minimum atomic E-state index is -3.32. The summed E-state index contributed by atoms with van der Waals surface area (Å²) in [6.45, 7) is 5.71. The molecule has 0 saturated carbocycles. The molecular formula is C9H19NO4S. The van der Waals surface area contributed by atoms with Crippen molar-refractivity contribution in [2.45, 2.75) is 27.2 Å². The first-order valence-electron chi connectivity index (χ1n) is 4.69. The molecule has 1 atom stereocenters. The summed E-state index contributed by atoms with van der Waals surface area (Å²) in [5.41, 5.74) is -0.137. The number of carboxylic acid groups (broad SMARTS) is 1. The van der Waals surface area contributed by atoms with Crippen LogP contribution in [0.15, 0.2) is 0 Å². The average molecular weight is 237 g/mol. The molecule has 5 nitrogen and oxygen atoms in total. The van der Waals surface area contributed by atoms with Gasteiger partial charge >= 0.3 is 5.97 Å². The topological polar surface area (TPSA) is 83.5 Å². The van der Waals surface area contributed by atoms with E-state index < -0.39 is 21.9 Å². The molecule has 6 heteroatoms. The van der Waals surface area contributed by atoms with E-state index in [0.717, 1.165) is 6.26 Å². The minimum absolute atomic E-state index is 0.0502. The van der Waals surface area contributed by atoms with Crippen molar-refractivity contribution in [3.8, 4) is 0 Å². The molecule has 0 spiro atoms. The predicted octanol–water partition coefficient (Wildman–Crippen LogP) is 0.673. The SMILES string of the molecule is CC(C)(C)CC(CNS(C)(=O)=O)C(=O)O. The van der Waals surface area contributed by atoms with Crippen LogP contribution in [0, 0.1) is 11.3 Å². The third-order valence-corrected chi connectivity index (χ3v) is 2.49. The molecule has 1 unspecified atom stereocenters. The molecule has 15 heavy (non-hydrogen) atoms. The van der Waals surface area contributed by atoms with E-state index >= 15 is 0 Å². The fourth-order valence-corrected chi connectivity index (χ4v) is 1.74. The second kappa shape index (κ2) is 4.94. The van der Waals surface area contributed by atoms with E-state index in [1.165, 1.54) is 0 Å². The zero-order chi connectivity index (χ0) is 12.3. The standard InChI is InChI=1S/C9H19NO4S/c1-9(2,3)5-7(8(11)12)6-10-15(4,13)14/h7,10H,5-6H2,1-4H3,(H,11,12). The Bertz CT molecular complexity index is 315. The van der Waals surface area contributed by atoms with Crippen LogP contribution in [0.4, 0.5) is 0 Å². The third kappa shape index (κ3) is 8.38. The van der Waals surface area contributed by atoms with E-state index in [1.54, 1.807) is 0 Å². The summed E-state index contributed by atoms with van der Waals surface area (Å²) in [4.78, 5) is 10.9. The molecular weight excluding hydrogens is 218 g/mol. The molecule has 0 aliphatic rings. The van der Waals surface area contributed by atoms with E-state index in [0.29, 0.717) is 6.42 Å². The van der Waals surface area contributed by atoms with Crippen molar-refractivity contribution in [2.75, 3.05) is 12.8 Å². The summed E-state index contributed by atoms with van der Waals surface area (Å²) < 4.78 is 23.9. The Balaban J connectivity index is 4.38. The molecule has 2 N–H and O–H groups in total. The lowest BCUT2D eigenvalue weighted by Gasteiger charge is -2.23. The number of hydrogen-bond acceptors (Lipinski definition) is 3. The molecule has 0 aliphatic heterocycles. The van der Waals surface area contributed by atoms with Gasteiger partial charge in [0.2, 0.25) is 10.0 Å². The average Bonchev–Trinajstić information content (AvgIpc) is 1.93. The Morgan fingerprint density at radius 2 is 1.87 bits per heavy atom. The zero-order valence-electron chi connectivity index (χ0n) is 9.57. The van der Waals surface area contributed by atoms with E-state index in [9.17, 15) is 13.2 Å². The first-order valence-corrected chi connectivity index (χ1v) is 6.58. The van der Waals surface area contributed by atoms with Gasteiger partial charge in [-0.3, -0.25) is 4.79 Å². The molecule has 0 rings (SSSR count). The molecule has 90 valence electrons. The van der Waals surface area contributed by atoms with Crippen LogP contribution in [-0.2, 0) is 14.8 Å². The van der Waals surface area contributed by atoms with Gasteiger partial charge in [0.15, 0.2) is 0 Å². The number of aliphatic carboxylic acids is 1. The smallest absolute Gasteiger partial charge is 0.307 e. The van der Waals surface area contributed by atoms with Crippen molar-refractivity contribution in [3.63, 3.8) is 0 Å². The van der Waals surface area contributed by atoms with Gasteiger partial charge < -0.3 is 5.11 Å². The lowest BCUT2D eigenvalue weighted by atomic mass is 9.85. The maximum atomic E-state index is 10.9. The largest absolute Gasteiger partial charge is 0.481 e. The number of rotatable bonds is 5. The summed E-state index contributed by atoms with van der Waals surface area (Å²) in [5, 5.41) is 8.90. The normalized spacial score (nSPS) is 14.9. The van der Waals surface area contributed by atoms with E-state index in [2.05, 4.69) is 4.72 Å². The van der Waals surface area contributed by atoms with Crippen LogP contribution in [0.2, 0.25) is 0 Å². The minimum Gasteiger partial charge on any atom is -0.481 e. The van der Waals surface area contributed by atoms with Gasteiger partial charge in [0.25, 0.3) is 0 Å². The molecule has 0 bridgehead atoms. The molecule has 0 aromatic heterocycles. The Labute approximate surface area is 90.9 Å². The third-order valence-electron chi connectivity index (χ3n) is 1.80. The maximum Gasteiger partial charge on any atom is 0.307 e. The molecule has 0 amide bonds. The van der Waals surface area contributed by atoms with Crippen LogP contribution in [0.25, 0.3) is 0 Å². The summed E-state index contributed by atoms with van der Waals surface area (Å²) in [6, 6.07) is 0. The molecule has 0 heterocycles. The van der Waals surface area contributed by atoms with Crippen LogP contribution in [0.5, 0.6) is 0 Å². The van der Waals surface area contributed by atoms with E-state index in [4.69, 9.17) is 5.11 Å². The van der Waals surface area contributed by atoms with Gasteiger partial charge in [0.05, 0.1) is 12.2 Å². The molecule has 0 fully saturated rings. The lowest BCUT2D eigenvalue weighted by Crippen LogP contribution is -2.34. The number of carbonyl (C=O) groups is 1. The second-order valence-electron chi connectivity index (χ2n) is 4.92. The summed E-state index contributed by atoms with van der Waals surface area (Å²) >= 11 is 0. The van der Waals surface area contributed by atoms with E-state index in [-0.39, 0.29) is 12.0 Å². The predicted molar refractivity (Wildman–Crippen MR) is 58.0 cm³/mol. The Morgan fingerprint density at radius 3 is 2.13 bits per heavy atom. The Hall–Kier alpha value is -0.620. The molecule has 0 radical (unpaired) electrons. The highest BCUT2D eigenvalue weighted by Gasteiger charge is 2.25. The van der Waals surface area contributed by atoms with Crippen molar-refractivity contribution < 1.29 is 18.3 Å². The second-order valence-corrected chi connectivity index (χ2v) is 6.75. The van der Waals surface area contributed by atoms with Gasteiger partial charge in [-0.15, -0.1) is 0 Å². The quantitative estimate of drug-likeness (QED) is 0.736. The van der Waals surface area contributed by atoms with Crippen LogP contribution >= 0.6 is 0 Å². The Morgan fingerprint density at radius 1 is 1.40 bits per heavy atom. The van der Waals surface area contributed by atoms with Crippen LogP contribution in [0.3, 0.4) is 0 Å². The first kappa shape index (κ1) is 14.4. The lowest BCUT2D eigenvalue weighted by molar-refractivity contribution is -0.142. The fourth-order valence-electron chi connectivity index (χ4n) is 1.24. The summed E-state index contributed by atoms with van der Waals surface area (Å²) in [5.74, 6) is -1.65. The van der Waals surface area contributed by atoms with Crippen molar-refractivity contribution in [2.24, 2.45) is 11.3 Å². The molecule has 0 saturated heterocycles. The summed E-state index contributed by atoms with van der Waals surface area (Å²) in [6.07, 6.45) is 1.45. The summed E-state index contributed by atoms with van der Waals surface area (Å²) in [7, 11) is -3.32. The maximum absolute atomic E-state index is 10.9. The van der Waals surface area contributed by atoms with Crippen molar-refractivity contribution in [3.05, 3.63) is 0 Å². The van der Waals surface area contributed by atoms with Crippen molar-refractivity contribution in [1.29, 1.82) is 0 Å². The molecule has 0 aromatic carbocycles. The highest BCUT2D eigenvalue weighted by atomic mass is 32.2. The Kier molecular flexibility index (Phi) is 4.73. The number of hydrogen-bond donors (Lipinski definition) is 2. The van der Waals surface area contributed by atoms with Gasteiger partial charge in [0, 0.05) is 6.54 Å². The first-order chi connectivity index (χ1) is 6.51. The van der Waals surface area contributed by atoms with Crippen LogP contribution < -0.4 is 4.72 Å². The van der Waals surface area contributed by atoms with Gasteiger partial charge in [-0.1, -0.05) is 20.8 Å². The molecule has 0 aromatic rings. The van der Waals surface area contributed by atoms with Gasteiger partial charge in [-0.25, -0.2) is 13.1 Å². The van der Waals surface area contributed by atoms with Gasteiger partial charge in [-0.05, 0) is 11.8 Å². The van der Waals surface area contributed by atoms with Crippen LogP contribution in [0.1, 0.15) is 27.2 Å². The zero-order valence-corrected chi connectivity index (χ0v) is 10.4. The van der Waals surface area contributed by atoms with E-state index in [1.807, 2.05) is 20.8 Å².